The van der Waals surface area contributed by atoms with Crippen LogP contribution in [-0.2, 0) is 0 Å². The van der Waals surface area contributed by atoms with E-state index in [9.17, 15) is 4.79 Å². The molecular formula is C7H12N4O. The molecule has 1 atom stereocenters. The highest BCUT2D eigenvalue weighted by molar-refractivity contribution is 5.83. The summed E-state index contributed by atoms with van der Waals surface area (Å²) in [5.74, 6) is 0.0980. The summed E-state index contributed by atoms with van der Waals surface area (Å²) in [7, 11) is 0. The van der Waals surface area contributed by atoms with Crippen molar-refractivity contribution in [3.8, 4) is 0 Å². The van der Waals surface area contributed by atoms with Gasteiger partial charge in [0.1, 0.15) is 5.82 Å². The fourth-order valence-electron chi connectivity index (χ4n) is 0.805. The topological polar surface area (TPSA) is 86.9 Å². The van der Waals surface area contributed by atoms with Gasteiger partial charge in [-0.25, -0.2) is 4.68 Å². The van der Waals surface area contributed by atoms with Crippen molar-refractivity contribution in [2.45, 2.75) is 19.4 Å². The Morgan fingerprint density at radius 2 is 2.50 bits per heavy atom. The lowest BCUT2D eigenvalue weighted by Gasteiger charge is -2.05. The lowest BCUT2D eigenvalue weighted by molar-refractivity contribution is 0.0861. The summed E-state index contributed by atoms with van der Waals surface area (Å²) < 4.78 is 1.17. The van der Waals surface area contributed by atoms with Crippen LogP contribution in [-0.4, -0.2) is 21.7 Å². The Bertz CT molecular complexity index is 281. The van der Waals surface area contributed by atoms with Crippen LogP contribution < -0.4 is 11.5 Å². The molecule has 12 heavy (non-hydrogen) atoms. The number of anilines is 1. The van der Waals surface area contributed by atoms with Gasteiger partial charge in [-0.05, 0) is 6.42 Å². The van der Waals surface area contributed by atoms with Gasteiger partial charge in [0.25, 0.3) is 5.91 Å². The number of nitrogens with two attached hydrogens (primary N) is 2. The van der Waals surface area contributed by atoms with Crippen molar-refractivity contribution < 1.29 is 4.79 Å². The number of nitrogen functional groups attached to an aromatic ring is 1. The Morgan fingerprint density at radius 3 is 2.92 bits per heavy atom. The highest BCUT2D eigenvalue weighted by Gasteiger charge is 2.13. The molecule has 5 nitrogen and oxygen atoms in total. The van der Waals surface area contributed by atoms with Crippen LogP contribution in [0.5, 0.6) is 0 Å². The van der Waals surface area contributed by atoms with Crippen LogP contribution in [0.25, 0.3) is 0 Å². The monoisotopic (exact) mass is 168 g/mol. The van der Waals surface area contributed by atoms with Gasteiger partial charge in [0, 0.05) is 12.3 Å². The summed E-state index contributed by atoms with van der Waals surface area (Å²) in [5, 5.41) is 3.74. The number of carbonyl (C=O) groups excluding carboxylic acids is 1. The van der Waals surface area contributed by atoms with E-state index in [0.29, 0.717) is 12.2 Å². The molecule has 0 aliphatic rings. The minimum Gasteiger partial charge on any atom is -0.382 e. The molecule has 1 unspecified atom stereocenters. The van der Waals surface area contributed by atoms with E-state index in [-0.39, 0.29) is 5.91 Å². The van der Waals surface area contributed by atoms with Crippen molar-refractivity contribution in [2.75, 3.05) is 5.73 Å². The lowest BCUT2D eigenvalue weighted by Crippen LogP contribution is -2.34. The minimum absolute atomic E-state index is 0.228. The molecule has 0 spiro atoms. The number of hydrogen-bond donors (Lipinski definition) is 2. The number of carbonyl (C=O) groups is 1. The van der Waals surface area contributed by atoms with Crippen molar-refractivity contribution in [3.05, 3.63) is 12.3 Å². The minimum atomic E-state index is -0.496. The first-order valence-electron chi connectivity index (χ1n) is 3.76. The second kappa shape index (κ2) is 3.36. The van der Waals surface area contributed by atoms with Gasteiger partial charge in [-0.2, -0.15) is 0 Å². The summed E-state index contributed by atoms with van der Waals surface area (Å²) >= 11 is 0. The summed E-state index contributed by atoms with van der Waals surface area (Å²) in [6, 6.07) is 1.06. The molecule has 5 heteroatoms. The zero-order chi connectivity index (χ0) is 9.14. The molecule has 0 amide bonds. The second-order valence-electron chi connectivity index (χ2n) is 2.54. The Kier molecular flexibility index (Phi) is 2.44. The third-order valence-corrected chi connectivity index (χ3v) is 1.59. The predicted molar refractivity (Wildman–Crippen MR) is 45.5 cm³/mol. The average Bonchev–Trinajstić information content (AvgIpc) is 2.49. The van der Waals surface area contributed by atoms with Gasteiger partial charge < -0.3 is 11.5 Å². The van der Waals surface area contributed by atoms with Crippen LogP contribution in [0.3, 0.4) is 0 Å². The van der Waals surface area contributed by atoms with Gasteiger partial charge in [0.05, 0.1) is 6.04 Å². The van der Waals surface area contributed by atoms with E-state index in [4.69, 9.17) is 11.5 Å². The smallest absolute Gasteiger partial charge is 0.263 e. The normalized spacial score (nSPS) is 12.8. The van der Waals surface area contributed by atoms with Gasteiger partial charge in [-0.3, -0.25) is 4.79 Å². The van der Waals surface area contributed by atoms with Crippen LogP contribution in [0.1, 0.15) is 18.1 Å². The Labute approximate surface area is 70.3 Å². The number of rotatable bonds is 2. The van der Waals surface area contributed by atoms with Crippen LogP contribution in [0, 0.1) is 0 Å². The Balaban J connectivity index is 2.78. The van der Waals surface area contributed by atoms with Gasteiger partial charge in [-0.15, -0.1) is 5.10 Å². The molecule has 1 rings (SSSR count). The number of nitrogens with zero attached hydrogens (tertiary/aromatic N) is 2. The highest BCUT2D eigenvalue weighted by atomic mass is 16.2. The molecule has 1 aromatic heterocycles. The third-order valence-electron chi connectivity index (χ3n) is 1.59. The zero-order valence-electron chi connectivity index (χ0n) is 6.90. The van der Waals surface area contributed by atoms with E-state index in [1.165, 1.54) is 10.9 Å². The Hall–Kier alpha value is -1.36. The first-order chi connectivity index (χ1) is 5.65. The average molecular weight is 168 g/mol. The van der Waals surface area contributed by atoms with Gasteiger partial charge >= 0.3 is 0 Å². The zero-order valence-corrected chi connectivity index (χ0v) is 6.90. The van der Waals surface area contributed by atoms with Crippen LogP contribution >= 0.6 is 0 Å². The highest BCUT2D eigenvalue weighted by Crippen LogP contribution is 1.98. The molecule has 0 saturated heterocycles. The van der Waals surface area contributed by atoms with Crippen molar-refractivity contribution in [1.82, 2.24) is 9.78 Å². The van der Waals surface area contributed by atoms with Gasteiger partial charge in [0.15, 0.2) is 0 Å². The van der Waals surface area contributed by atoms with Crippen molar-refractivity contribution in [1.29, 1.82) is 0 Å². The third kappa shape index (κ3) is 1.62. The maximum Gasteiger partial charge on any atom is 0.263 e. The van der Waals surface area contributed by atoms with E-state index < -0.39 is 6.04 Å². The molecule has 4 N–H and O–H groups in total. The van der Waals surface area contributed by atoms with Crippen LogP contribution in [0.2, 0.25) is 0 Å². The molecule has 0 aliphatic carbocycles. The van der Waals surface area contributed by atoms with Crippen molar-refractivity contribution in [3.63, 3.8) is 0 Å². The summed E-state index contributed by atoms with van der Waals surface area (Å²) in [6.45, 7) is 1.84. The standard InChI is InChI=1S/C7H12N4O/c1-2-5(8)7(12)11-4-3-6(9)10-11/h3-5H,2,8H2,1H3,(H2,9,10). The quantitative estimate of drug-likeness (QED) is 0.642. The van der Waals surface area contributed by atoms with E-state index in [0.717, 1.165) is 0 Å². The molecule has 0 radical (unpaired) electrons. The summed E-state index contributed by atoms with van der Waals surface area (Å²) in [5.41, 5.74) is 10.8. The second-order valence-corrected chi connectivity index (χ2v) is 2.54. The fourth-order valence-corrected chi connectivity index (χ4v) is 0.805. The molecule has 0 fully saturated rings. The molecule has 0 aliphatic heterocycles. The molecule has 1 aromatic rings. The summed E-state index contributed by atoms with van der Waals surface area (Å²) in [6.07, 6.45) is 2.10. The molecule has 0 aromatic carbocycles. The van der Waals surface area contributed by atoms with Crippen molar-refractivity contribution in [2.24, 2.45) is 5.73 Å². The number of hydrogen-bond acceptors (Lipinski definition) is 4. The van der Waals surface area contributed by atoms with Crippen LogP contribution in [0.4, 0.5) is 5.82 Å². The van der Waals surface area contributed by atoms with Crippen LogP contribution in [0.15, 0.2) is 12.3 Å². The van der Waals surface area contributed by atoms with E-state index in [1.807, 2.05) is 6.92 Å². The SMILES string of the molecule is CCC(N)C(=O)n1ccc(N)n1. The molecular weight excluding hydrogens is 156 g/mol. The van der Waals surface area contributed by atoms with E-state index >= 15 is 0 Å². The first-order valence-corrected chi connectivity index (χ1v) is 3.76. The van der Waals surface area contributed by atoms with E-state index in [2.05, 4.69) is 5.10 Å². The summed E-state index contributed by atoms with van der Waals surface area (Å²) in [4.78, 5) is 11.3. The first kappa shape index (κ1) is 8.73. The maximum absolute atomic E-state index is 11.3. The largest absolute Gasteiger partial charge is 0.382 e. The van der Waals surface area contributed by atoms with Gasteiger partial charge in [-0.1, -0.05) is 6.92 Å². The van der Waals surface area contributed by atoms with Gasteiger partial charge in [0.2, 0.25) is 0 Å². The van der Waals surface area contributed by atoms with E-state index in [1.54, 1.807) is 6.07 Å². The molecule has 0 saturated carbocycles. The lowest BCUT2D eigenvalue weighted by atomic mass is 10.2. The Morgan fingerprint density at radius 1 is 1.83 bits per heavy atom. The molecule has 66 valence electrons. The predicted octanol–water partition coefficient (Wildman–Crippen LogP) is -0.157. The molecule has 1 heterocycles. The fraction of sp³-hybridized carbons (Fsp3) is 0.429. The maximum atomic E-state index is 11.3. The van der Waals surface area contributed by atoms with Crippen molar-refractivity contribution >= 4 is 11.7 Å². The number of aromatic nitrogens is 2. The molecule has 0 bridgehead atoms.